The summed E-state index contributed by atoms with van der Waals surface area (Å²) in [5.74, 6) is 0.837. The summed E-state index contributed by atoms with van der Waals surface area (Å²) in [6.07, 6.45) is 6.84. The second-order valence-electron chi connectivity index (χ2n) is 4.13. The molecular weight excluding hydrogens is 160 g/mol. The van der Waals surface area contributed by atoms with Crippen LogP contribution in [0.2, 0.25) is 0 Å². The molecule has 0 aromatic rings. The van der Waals surface area contributed by atoms with Gasteiger partial charge >= 0.3 is 0 Å². The maximum atomic E-state index is 5.64. The zero-order valence-electron chi connectivity index (χ0n) is 9.81. The summed E-state index contributed by atoms with van der Waals surface area (Å²) in [5.41, 5.74) is 0. The molecule has 0 aliphatic rings. The summed E-state index contributed by atoms with van der Waals surface area (Å²) in [7, 11) is 0. The summed E-state index contributed by atoms with van der Waals surface area (Å²) in [4.78, 5) is 0. The third-order valence-electron chi connectivity index (χ3n) is 2.64. The Morgan fingerprint density at radius 2 is 1.77 bits per heavy atom. The monoisotopic (exact) mass is 186 g/mol. The highest BCUT2D eigenvalue weighted by molar-refractivity contribution is 4.53. The molecule has 2 unspecified atom stereocenters. The molecule has 0 aliphatic heterocycles. The zero-order chi connectivity index (χ0) is 10.1. The maximum absolute atomic E-state index is 5.64. The van der Waals surface area contributed by atoms with Gasteiger partial charge in [-0.05, 0) is 25.7 Å². The van der Waals surface area contributed by atoms with Gasteiger partial charge in [-0.3, -0.25) is 0 Å². The van der Waals surface area contributed by atoms with Crippen LogP contribution in [-0.2, 0) is 4.74 Å². The van der Waals surface area contributed by atoms with Crippen LogP contribution in [-0.4, -0.2) is 12.7 Å². The van der Waals surface area contributed by atoms with Crippen molar-refractivity contribution in [3.8, 4) is 0 Å². The van der Waals surface area contributed by atoms with Crippen LogP contribution < -0.4 is 0 Å². The first-order valence-corrected chi connectivity index (χ1v) is 5.82. The highest BCUT2D eigenvalue weighted by Gasteiger charge is 2.03. The molecule has 0 saturated carbocycles. The fourth-order valence-corrected chi connectivity index (χ4v) is 1.29. The first-order chi connectivity index (χ1) is 6.20. The Balaban J connectivity index is 3.21. The van der Waals surface area contributed by atoms with Crippen LogP contribution in [0.25, 0.3) is 0 Å². The van der Waals surface area contributed by atoms with E-state index in [0.717, 1.165) is 18.9 Å². The predicted molar refractivity (Wildman–Crippen MR) is 59.0 cm³/mol. The fraction of sp³-hybridized carbons (Fsp3) is 1.00. The minimum Gasteiger partial charge on any atom is -0.379 e. The summed E-state index contributed by atoms with van der Waals surface area (Å²) in [6, 6.07) is 0. The normalized spacial score (nSPS) is 15.7. The van der Waals surface area contributed by atoms with Crippen molar-refractivity contribution in [3.05, 3.63) is 0 Å². The third kappa shape index (κ3) is 8.29. The van der Waals surface area contributed by atoms with Crippen LogP contribution in [0.15, 0.2) is 0 Å². The fourth-order valence-electron chi connectivity index (χ4n) is 1.29. The van der Waals surface area contributed by atoms with E-state index < -0.39 is 0 Å². The molecule has 0 amide bonds. The van der Waals surface area contributed by atoms with Crippen molar-refractivity contribution in [3.63, 3.8) is 0 Å². The molecule has 13 heavy (non-hydrogen) atoms. The SMILES string of the molecule is CCCCC(C)CCOC(C)CC. The van der Waals surface area contributed by atoms with Gasteiger partial charge in [0.1, 0.15) is 0 Å². The lowest BCUT2D eigenvalue weighted by atomic mass is 10.0. The van der Waals surface area contributed by atoms with Gasteiger partial charge in [0.2, 0.25) is 0 Å². The van der Waals surface area contributed by atoms with Gasteiger partial charge in [-0.25, -0.2) is 0 Å². The lowest BCUT2D eigenvalue weighted by Crippen LogP contribution is -2.09. The molecule has 1 heteroatoms. The molecule has 0 saturated heterocycles. The molecule has 1 nitrogen and oxygen atoms in total. The maximum Gasteiger partial charge on any atom is 0.0544 e. The second kappa shape index (κ2) is 8.55. The summed E-state index contributed by atoms with van der Waals surface area (Å²) < 4.78 is 5.64. The van der Waals surface area contributed by atoms with E-state index in [-0.39, 0.29) is 0 Å². The number of hydrogen-bond donors (Lipinski definition) is 0. The summed E-state index contributed by atoms with van der Waals surface area (Å²) in [5, 5.41) is 0. The van der Waals surface area contributed by atoms with Crippen molar-refractivity contribution in [1.29, 1.82) is 0 Å². The Kier molecular flexibility index (Phi) is 8.53. The summed E-state index contributed by atoms with van der Waals surface area (Å²) in [6.45, 7) is 9.85. The minimum absolute atomic E-state index is 0.443. The van der Waals surface area contributed by atoms with Gasteiger partial charge in [-0.15, -0.1) is 0 Å². The van der Waals surface area contributed by atoms with E-state index in [1.165, 1.54) is 25.7 Å². The van der Waals surface area contributed by atoms with E-state index in [9.17, 15) is 0 Å². The Morgan fingerprint density at radius 3 is 2.31 bits per heavy atom. The lowest BCUT2D eigenvalue weighted by molar-refractivity contribution is 0.0547. The van der Waals surface area contributed by atoms with Crippen molar-refractivity contribution in [2.75, 3.05) is 6.61 Å². The van der Waals surface area contributed by atoms with Crippen molar-refractivity contribution in [2.24, 2.45) is 5.92 Å². The van der Waals surface area contributed by atoms with Crippen molar-refractivity contribution in [1.82, 2.24) is 0 Å². The van der Waals surface area contributed by atoms with Gasteiger partial charge in [0.15, 0.2) is 0 Å². The molecule has 80 valence electrons. The highest BCUT2D eigenvalue weighted by Crippen LogP contribution is 2.12. The van der Waals surface area contributed by atoms with Crippen molar-refractivity contribution < 1.29 is 4.74 Å². The molecule has 0 aromatic carbocycles. The minimum atomic E-state index is 0.443. The first kappa shape index (κ1) is 13.0. The zero-order valence-corrected chi connectivity index (χ0v) is 9.81. The molecule has 0 N–H and O–H groups in total. The Bertz CT molecular complexity index is 101. The van der Waals surface area contributed by atoms with E-state index >= 15 is 0 Å². The van der Waals surface area contributed by atoms with Gasteiger partial charge in [0, 0.05) is 6.61 Å². The van der Waals surface area contributed by atoms with Crippen LogP contribution in [0.3, 0.4) is 0 Å². The first-order valence-electron chi connectivity index (χ1n) is 5.82. The van der Waals surface area contributed by atoms with Gasteiger partial charge in [-0.1, -0.05) is 40.0 Å². The molecule has 0 rings (SSSR count). The third-order valence-corrected chi connectivity index (χ3v) is 2.64. The molecule has 0 fully saturated rings. The lowest BCUT2D eigenvalue weighted by Gasteiger charge is -2.14. The van der Waals surface area contributed by atoms with E-state index in [4.69, 9.17) is 4.74 Å². The molecule has 2 atom stereocenters. The van der Waals surface area contributed by atoms with Crippen LogP contribution in [0.4, 0.5) is 0 Å². The Morgan fingerprint density at radius 1 is 1.08 bits per heavy atom. The number of ether oxygens (including phenoxy) is 1. The van der Waals surface area contributed by atoms with Gasteiger partial charge in [-0.2, -0.15) is 0 Å². The van der Waals surface area contributed by atoms with E-state index in [2.05, 4.69) is 27.7 Å². The number of hydrogen-bond acceptors (Lipinski definition) is 1. The van der Waals surface area contributed by atoms with E-state index in [1.54, 1.807) is 0 Å². The van der Waals surface area contributed by atoms with Crippen LogP contribution in [0.5, 0.6) is 0 Å². The predicted octanol–water partition coefficient (Wildman–Crippen LogP) is 4.02. The molecule has 0 heterocycles. The molecule has 0 aliphatic carbocycles. The van der Waals surface area contributed by atoms with Gasteiger partial charge in [0.25, 0.3) is 0 Å². The topological polar surface area (TPSA) is 9.23 Å². The van der Waals surface area contributed by atoms with Crippen LogP contribution in [0, 0.1) is 5.92 Å². The van der Waals surface area contributed by atoms with E-state index in [0.29, 0.717) is 6.10 Å². The molecule has 0 aromatic heterocycles. The highest BCUT2D eigenvalue weighted by atomic mass is 16.5. The quantitative estimate of drug-likeness (QED) is 0.556. The molecular formula is C12H26O. The van der Waals surface area contributed by atoms with Gasteiger partial charge < -0.3 is 4.74 Å². The average Bonchev–Trinajstić information content (AvgIpc) is 2.14. The number of rotatable bonds is 8. The van der Waals surface area contributed by atoms with Gasteiger partial charge in [0.05, 0.1) is 6.10 Å². The number of unbranched alkanes of at least 4 members (excludes halogenated alkanes) is 1. The van der Waals surface area contributed by atoms with Crippen molar-refractivity contribution >= 4 is 0 Å². The van der Waals surface area contributed by atoms with E-state index in [1.807, 2.05) is 0 Å². The standard InChI is InChI=1S/C12H26O/c1-5-7-8-11(3)9-10-13-12(4)6-2/h11-12H,5-10H2,1-4H3. The Hall–Kier alpha value is -0.0400. The van der Waals surface area contributed by atoms with Crippen LogP contribution in [0.1, 0.15) is 59.8 Å². The summed E-state index contributed by atoms with van der Waals surface area (Å²) >= 11 is 0. The Labute approximate surface area is 83.9 Å². The second-order valence-corrected chi connectivity index (χ2v) is 4.13. The molecule has 0 spiro atoms. The smallest absolute Gasteiger partial charge is 0.0544 e. The van der Waals surface area contributed by atoms with Crippen LogP contribution >= 0.6 is 0 Å². The average molecular weight is 186 g/mol. The van der Waals surface area contributed by atoms with Crippen molar-refractivity contribution in [2.45, 2.75) is 65.9 Å². The molecule has 0 bridgehead atoms. The largest absolute Gasteiger partial charge is 0.379 e. The molecule has 0 radical (unpaired) electrons.